The lowest BCUT2D eigenvalue weighted by atomic mass is 10.1. The van der Waals surface area contributed by atoms with Crippen molar-refractivity contribution in [1.82, 2.24) is 4.72 Å². The van der Waals surface area contributed by atoms with Crippen LogP contribution >= 0.6 is 0 Å². The zero-order chi connectivity index (χ0) is 13.6. The SMILES string of the molecule is CCCc1ccc(S(=O)(=O)N[C@@H](C)COC)cc1. The molecule has 18 heavy (non-hydrogen) atoms. The van der Waals surface area contributed by atoms with Crippen LogP contribution in [0.25, 0.3) is 0 Å². The smallest absolute Gasteiger partial charge is 0.240 e. The van der Waals surface area contributed by atoms with E-state index in [-0.39, 0.29) is 6.04 Å². The first-order valence-corrected chi connectivity index (χ1v) is 7.58. The van der Waals surface area contributed by atoms with E-state index >= 15 is 0 Å². The quantitative estimate of drug-likeness (QED) is 0.824. The molecular formula is C13H21NO3S. The number of rotatable bonds is 7. The molecule has 0 unspecified atom stereocenters. The first kappa shape index (κ1) is 15.1. The number of hydrogen-bond acceptors (Lipinski definition) is 3. The van der Waals surface area contributed by atoms with E-state index in [0.29, 0.717) is 11.5 Å². The van der Waals surface area contributed by atoms with Gasteiger partial charge in [-0.2, -0.15) is 0 Å². The minimum Gasteiger partial charge on any atom is -0.383 e. The van der Waals surface area contributed by atoms with Crippen LogP contribution in [0.2, 0.25) is 0 Å². The third kappa shape index (κ3) is 4.40. The number of methoxy groups -OCH3 is 1. The van der Waals surface area contributed by atoms with Crippen molar-refractivity contribution in [1.29, 1.82) is 0 Å². The maximum atomic E-state index is 12.0. The van der Waals surface area contributed by atoms with Crippen LogP contribution in [0.3, 0.4) is 0 Å². The van der Waals surface area contributed by atoms with Crippen molar-refractivity contribution < 1.29 is 13.2 Å². The van der Waals surface area contributed by atoms with Gasteiger partial charge in [0.1, 0.15) is 0 Å². The van der Waals surface area contributed by atoms with Gasteiger partial charge >= 0.3 is 0 Å². The van der Waals surface area contributed by atoms with Crippen molar-refractivity contribution in [2.75, 3.05) is 13.7 Å². The Morgan fingerprint density at radius 1 is 1.28 bits per heavy atom. The Hall–Kier alpha value is -0.910. The van der Waals surface area contributed by atoms with Crippen LogP contribution in [-0.2, 0) is 21.2 Å². The molecule has 0 aliphatic heterocycles. The molecule has 1 aromatic rings. The monoisotopic (exact) mass is 271 g/mol. The topological polar surface area (TPSA) is 55.4 Å². The van der Waals surface area contributed by atoms with Gasteiger partial charge in [0.05, 0.1) is 11.5 Å². The fourth-order valence-electron chi connectivity index (χ4n) is 1.74. The number of ether oxygens (including phenoxy) is 1. The minimum absolute atomic E-state index is 0.240. The van der Waals surface area contributed by atoms with Crippen molar-refractivity contribution in [2.24, 2.45) is 0 Å². The van der Waals surface area contributed by atoms with Gasteiger partial charge in [-0.25, -0.2) is 13.1 Å². The molecule has 0 saturated carbocycles. The second kappa shape index (κ2) is 6.87. The summed E-state index contributed by atoms with van der Waals surface area (Å²) in [5, 5.41) is 0. The van der Waals surface area contributed by atoms with Crippen LogP contribution < -0.4 is 4.72 Å². The lowest BCUT2D eigenvalue weighted by molar-refractivity contribution is 0.180. The fraction of sp³-hybridized carbons (Fsp3) is 0.538. The summed E-state index contributed by atoms with van der Waals surface area (Å²) >= 11 is 0. The molecule has 0 heterocycles. The minimum atomic E-state index is -3.44. The van der Waals surface area contributed by atoms with Crippen LogP contribution in [0.15, 0.2) is 29.2 Å². The molecule has 0 bridgehead atoms. The molecule has 0 radical (unpaired) electrons. The predicted molar refractivity (Wildman–Crippen MR) is 72.1 cm³/mol. The molecule has 0 fully saturated rings. The molecule has 0 saturated heterocycles. The maximum absolute atomic E-state index is 12.0. The first-order chi connectivity index (χ1) is 8.49. The number of nitrogens with one attached hydrogen (secondary N) is 1. The summed E-state index contributed by atoms with van der Waals surface area (Å²) in [6.45, 7) is 4.22. The molecule has 1 aromatic carbocycles. The average Bonchev–Trinajstić information content (AvgIpc) is 2.29. The first-order valence-electron chi connectivity index (χ1n) is 6.09. The third-order valence-electron chi connectivity index (χ3n) is 2.55. The highest BCUT2D eigenvalue weighted by Crippen LogP contribution is 2.12. The van der Waals surface area contributed by atoms with Gasteiger partial charge in [0.15, 0.2) is 0 Å². The fourth-order valence-corrected chi connectivity index (χ4v) is 2.97. The van der Waals surface area contributed by atoms with Gasteiger partial charge in [0.25, 0.3) is 0 Å². The van der Waals surface area contributed by atoms with Gasteiger partial charge in [-0.1, -0.05) is 25.5 Å². The summed E-state index contributed by atoms with van der Waals surface area (Å²) in [5.41, 5.74) is 1.15. The Morgan fingerprint density at radius 3 is 2.39 bits per heavy atom. The van der Waals surface area contributed by atoms with Gasteiger partial charge in [0, 0.05) is 13.2 Å². The van der Waals surface area contributed by atoms with E-state index < -0.39 is 10.0 Å². The molecule has 0 aromatic heterocycles. The molecule has 1 atom stereocenters. The Morgan fingerprint density at radius 2 is 1.89 bits per heavy atom. The van der Waals surface area contributed by atoms with Crippen LogP contribution in [0.4, 0.5) is 0 Å². The van der Waals surface area contributed by atoms with E-state index in [9.17, 15) is 8.42 Å². The Labute approximate surface area is 109 Å². The molecule has 1 rings (SSSR count). The molecule has 5 heteroatoms. The van der Waals surface area contributed by atoms with Gasteiger partial charge in [-0.3, -0.25) is 0 Å². The number of aryl methyl sites for hydroxylation is 1. The standard InChI is InChI=1S/C13H21NO3S/c1-4-5-12-6-8-13(9-7-12)18(15,16)14-11(2)10-17-3/h6-9,11,14H,4-5,10H2,1-3H3/t11-/m0/s1. The number of hydrogen-bond donors (Lipinski definition) is 1. The zero-order valence-corrected chi connectivity index (χ0v) is 12.0. The third-order valence-corrected chi connectivity index (χ3v) is 4.15. The molecule has 102 valence electrons. The second-order valence-electron chi connectivity index (χ2n) is 4.37. The Balaban J connectivity index is 2.78. The summed E-state index contributed by atoms with van der Waals surface area (Å²) in [5.74, 6) is 0. The maximum Gasteiger partial charge on any atom is 0.240 e. The number of benzene rings is 1. The molecule has 0 aliphatic carbocycles. The normalized spacial score (nSPS) is 13.5. The molecule has 0 aliphatic rings. The van der Waals surface area contributed by atoms with Gasteiger partial charge < -0.3 is 4.74 Å². The molecular weight excluding hydrogens is 250 g/mol. The van der Waals surface area contributed by atoms with Crippen molar-refractivity contribution in [3.63, 3.8) is 0 Å². The van der Waals surface area contributed by atoms with Gasteiger partial charge in [-0.05, 0) is 31.0 Å². The highest BCUT2D eigenvalue weighted by molar-refractivity contribution is 7.89. The van der Waals surface area contributed by atoms with E-state index in [1.54, 1.807) is 26.2 Å². The van der Waals surface area contributed by atoms with E-state index in [4.69, 9.17) is 4.74 Å². The van der Waals surface area contributed by atoms with Crippen LogP contribution in [0.1, 0.15) is 25.8 Å². The summed E-state index contributed by atoms with van der Waals surface area (Å²) in [4.78, 5) is 0.297. The van der Waals surface area contributed by atoms with Crippen molar-refractivity contribution in [3.05, 3.63) is 29.8 Å². The Kier molecular flexibility index (Phi) is 5.78. The van der Waals surface area contributed by atoms with E-state index in [1.165, 1.54) is 0 Å². The van der Waals surface area contributed by atoms with Gasteiger partial charge in [-0.15, -0.1) is 0 Å². The lowest BCUT2D eigenvalue weighted by Gasteiger charge is -2.13. The van der Waals surface area contributed by atoms with Crippen molar-refractivity contribution >= 4 is 10.0 Å². The summed E-state index contributed by atoms with van der Waals surface area (Å²) in [6, 6.07) is 6.77. The molecule has 1 N–H and O–H groups in total. The van der Waals surface area contributed by atoms with Gasteiger partial charge in [0.2, 0.25) is 10.0 Å². The van der Waals surface area contributed by atoms with Crippen LogP contribution in [-0.4, -0.2) is 28.2 Å². The zero-order valence-electron chi connectivity index (χ0n) is 11.1. The van der Waals surface area contributed by atoms with E-state index in [1.807, 2.05) is 12.1 Å². The highest BCUT2D eigenvalue weighted by atomic mass is 32.2. The largest absolute Gasteiger partial charge is 0.383 e. The van der Waals surface area contributed by atoms with Crippen LogP contribution in [0, 0.1) is 0 Å². The summed E-state index contributed by atoms with van der Waals surface area (Å²) in [7, 11) is -1.90. The van der Waals surface area contributed by atoms with E-state index in [2.05, 4.69) is 11.6 Å². The highest BCUT2D eigenvalue weighted by Gasteiger charge is 2.16. The number of sulfonamides is 1. The van der Waals surface area contributed by atoms with Crippen molar-refractivity contribution in [3.8, 4) is 0 Å². The Bertz CT molecular complexity index is 454. The average molecular weight is 271 g/mol. The summed E-state index contributed by atoms with van der Waals surface area (Å²) < 4.78 is 31.5. The molecule has 0 amide bonds. The van der Waals surface area contributed by atoms with E-state index in [0.717, 1.165) is 18.4 Å². The molecule has 4 nitrogen and oxygen atoms in total. The van der Waals surface area contributed by atoms with Crippen LogP contribution in [0.5, 0.6) is 0 Å². The second-order valence-corrected chi connectivity index (χ2v) is 6.09. The summed E-state index contributed by atoms with van der Waals surface area (Å²) in [6.07, 6.45) is 2.02. The lowest BCUT2D eigenvalue weighted by Crippen LogP contribution is -2.35. The predicted octanol–water partition coefficient (Wildman–Crippen LogP) is 1.95. The molecule has 0 spiro atoms. The van der Waals surface area contributed by atoms with Crippen molar-refractivity contribution in [2.45, 2.75) is 37.6 Å².